The molecule has 0 fully saturated rings. The molecule has 0 aliphatic heterocycles. The van der Waals surface area contributed by atoms with Crippen molar-refractivity contribution in [3.8, 4) is 0 Å². The van der Waals surface area contributed by atoms with E-state index in [1.807, 2.05) is 96.1 Å². The second-order valence-electron chi connectivity index (χ2n) is 9.02. The van der Waals surface area contributed by atoms with Gasteiger partial charge in [0.05, 0.1) is 17.5 Å². The second-order valence-corrected chi connectivity index (χ2v) is 9.42. The molecule has 6 nitrogen and oxygen atoms in total. The van der Waals surface area contributed by atoms with E-state index in [9.17, 15) is 9.59 Å². The zero-order chi connectivity index (χ0) is 25.5. The number of amides is 2. The fourth-order valence-corrected chi connectivity index (χ4v) is 4.58. The van der Waals surface area contributed by atoms with Crippen LogP contribution in [-0.2, 0) is 29.0 Å². The molecule has 4 rings (SSSR count). The van der Waals surface area contributed by atoms with E-state index < -0.39 is 0 Å². The van der Waals surface area contributed by atoms with E-state index in [-0.39, 0.29) is 30.8 Å². The Morgan fingerprint density at radius 1 is 0.972 bits per heavy atom. The lowest BCUT2D eigenvalue weighted by atomic mass is 10.1. The molecule has 0 bridgehead atoms. The first-order valence-electron chi connectivity index (χ1n) is 12.3. The highest BCUT2D eigenvalue weighted by Crippen LogP contribution is 2.21. The van der Waals surface area contributed by atoms with Gasteiger partial charge in [0.1, 0.15) is 12.4 Å². The van der Waals surface area contributed by atoms with Crippen molar-refractivity contribution >= 4 is 40.1 Å². The summed E-state index contributed by atoms with van der Waals surface area (Å²) in [6.07, 6.45) is 1.59. The van der Waals surface area contributed by atoms with E-state index in [1.54, 1.807) is 6.07 Å². The summed E-state index contributed by atoms with van der Waals surface area (Å²) in [5.74, 6) is 0.775. The lowest BCUT2D eigenvalue weighted by Gasteiger charge is -2.27. The Labute approximate surface area is 216 Å². The van der Waals surface area contributed by atoms with Gasteiger partial charge in [0.15, 0.2) is 0 Å². The van der Waals surface area contributed by atoms with Gasteiger partial charge in [-0.25, -0.2) is 4.98 Å². The van der Waals surface area contributed by atoms with E-state index in [0.29, 0.717) is 24.4 Å². The summed E-state index contributed by atoms with van der Waals surface area (Å²) in [6.45, 7) is 4.75. The number of carbonyl (C=O) groups excluding carboxylic acids is 2. The minimum absolute atomic E-state index is 0.00801. The van der Waals surface area contributed by atoms with E-state index in [4.69, 9.17) is 16.6 Å². The Morgan fingerprint density at radius 2 is 1.67 bits per heavy atom. The van der Waals surface area contributed by atoms with E-state index in [2.05, 4.69) is 5.32 Å². The fourth-order valence-electron chi connectivity index (χ4n) is 4.37. The first-order chi connectivity index (χ1) is 17.4. The Bertz CT molecular complexity index is 1330. The topological polar surface area (TPSA) is 67.2 Å². The predicted molar refractivity (Wildman–Crippen MR) is 145 cm³/mol. The zero-order valence-corrected chi connectivity index (χ0v) is 21.4. The van der Waals surface area contributed by atoms with Crippen LogP contribution in [0.25, 0.3) is 11.0 Å². The maximum absolute atomic E-state index is 13.5. The number of nitrogens with zero attached hydrogens (tertiary/aromatic N) is 3. The number of hydrogen-bond donors (Lipinski definition) is 1. The van der Waals surface area contributed by atoms with Gasteiger partial charge in [-0.1, -0.05) is 60.1 Å². The number of imidazole rings is 1. The number of rotatable bonds is 10. The van der Waals surface area contributed by atoms with Crippen molar-refractivity contribution in [1.29, 1.82) is 0 Å². The summed E-state index contributed by atoms with van der Waals surface area (Å²) < 4.78 is 2.00. The minimum atomic E-state index is -0.0674. The molecule has 1 N–H and O–H groups in total. The molecule has 4 aromatic rings. The molecule has 1 aromatic heterocycles. The number of fused-ring (bicyclic) bond motifs is 1. The Kier molecular flexibility index (Phi) is 8.39. The van der Waals surface area contributed by atoms with Gasteiger partial charge in [-0.2, -0.15) is 0 Å². The Balaban J connectivity index is 1.44. The summed E-state index contributed by atoms with van der Waals surface area (Å²) in [5, 5.41) is 3.56. The van der Waals surface area contributed by atoms with Gasteiger partial charge in [-0.05, 0) is 56.2 Å². The van der Waals surface area contributed by atoms with Crippen molar-refractivity contribution in [2.24, 2.45) is 0 Å². The number of carbonyl (C=O) groups is 2. The number of anilines is 1. The summed E-state index contributed by atoms with van der Waals surface area (Å²) in [6, 6.07) is 25.0. The third-order valence-electron chi connectivity index (χ3n) is 6.05. The number of aromatic nitrogens is 2. The number of nitrogens with one attached hydrogen (secondary N) is 1. The molecule has 0 saturated heterocycles. The predicted octanol–water partition coefficient (Wildman–Crippen LogP) is 5.42. The van der Waals surface area contributed by atoms with Crippen LogP contribution in [-0.4, -0.2) is 34.0 Å². The second kappa shape index (κ2) is 11.9. The first kappa shape index (κ1) is 25.5. The van der Waals surface area contributed by atoms with Gasteiger partial charge in [-0.3, -0.25) is 9.59 Å². The smallest absolute Gasteiger partial charge is 0.247 e. The molecular weight excluding hydrogens is 472 g/mol. The van der Waals surface area contributed by atoms with Crippen LogP contribution < -0.4 is 10.2 Å². The minimum Gasteiger partial charge on any atom is -0.356 e. The zero-order valence-electron chi connectivity index (χ0n) is 20.7. The van der Waals surface area contributed by atoms with Crippen LogP contribution in [0, 0.1) is 0 Å². The van der Waals surface area contributed by atoms with Crippen LogP contribution in [0.5, 0.6) is 0 Å². The SMILES string of the molecule is CC(C)N(C(=O)Cn1c(CCCNC(=O)Cc2ccccc2Cl)nc2ccccc21)c1ccccc1. The third-order valence-corrected chi connectivity index (χ3v) is 6.42. The van der Waals surface area contributed by atoms with Gasteiger partial charge in [0, 0.05) is 29.7 Å². The molecule has 2 amide bonds. The number of halogens is 1. The van der Waals surface area contributed by atoms with E-state index in [1.165, 1.54) is 0 Å². The molecule has 0 aliphatic carbocycles. The molecule has 0 spiro atoms. The largest absolute Gasteiger partial charge is 0.356 e. The van der Waals surface area contributed by atoms with Crippen molar-refractivity contribution in [2.75, 3.05) is 11.4 Å². The molecule has 186 valence electrons. The molecule has 0 atom stereocenters. The van der Waals surface area contributed by atoms with Gasteiger partial charge < -0.3 is 14.8 Å². The lowest BCUT2D eigenvalue weighted by molar-refractivity contribution is -0.120. The van der Waals surface area contributed by atoms with Gasteiger partial charge in [0.25, 0.3) is 0 Å². The van der Waals surface area contributed by atoms with Crippen molar-refractivity contribution in [3.05, 3.63) is 95.3 Å². The van der Waals surface area contributed by atoms with E-state index in [0.717, 1.165) is 28.1 Å². The standard InChI is InChI=1S/C29H31ClN4O2/c1-21(2)34(23-12-4-3-5-13-23)29(36)20-33-26-16-9-8-15-25(26)32-27(33)17-10-18-31-28(35)19-22-11-6-7-14-24(22)30/h3-9,11-16,21H,10,17-20H2,1-2H3,(H,31,35). The van der Waals surface area contributed by atoms with Gasteiger partial charge in [-0.15, -0.1) is 0 Å². The van der Waals surface area contributed by atoms with Crippen molar-refractivity contribution < 1.29 is 9.59 Å². The van der Waals surface area contributed by atoms with Crippen LogP contribution >= 0.6 is 11.6 Å². The fraction of sp³-hybridized carbons (Fsp3) is 0.276. The summed E-state index contributed by atoms with van der Waals surface area (Å²) >= 11 is 6.17. The maximum Gasteiger partial charge on any atom is 0.247 e. The lowest BCUT2D eigenvalue weighted by Crippen LogP contribution is -2.39. The maximum atomic E-state index is 13.5. The van der Waals surface area contributed by atoms with Crippen molar-refractivity contribution in [3.63, 3.8) is 0 Å². The van der Waals surface area contributed by atoms with Crippen LogP contribution in [0.3, 0.4) is 0 Å². The Hall–Kier alpha value is -3.64. The number of aryl methyl sites for hydroxylation is 1. The number of benzene rings is 3. The number of hydrogen-bond acceptors (Lipinski definition) is 3. The molecule has 7 heteroatoms. The summed E-state index contributed by atoms with van der Waals surface area (Å²) in [7, 11) is 0. The number of para-hydroxylation sites is 3. The Morgan fingerprint density at radius 3 is 2.42 bits per heavy atom. The average Bonchev–Trinajstić information content (AvgIpc) is 3.21. The molecule has 36 heavy (non-hydrogen) atoms. The molecular formula is C29H31ClN4O2. The molecule has 0 saturated carbocycles. The van der Waals surface area contributed by atoms with Crippen LogP contribution in [0.2, 0.25) is 5.02 Å². The molecule has 0 unspecified atom stereocenters. The first-order valence-corrected chi connectivity index (χ1v) is 12.6. The monoisotopic (exact) mass is 502 g/mol. The molecule has 3 aromatic carbocycles. The highest BCUT2D eigenvalue weighted by atomic mass is 35.5. The third kappa shape index (κ3) is 6.13. The molecule has 1 heterocycles. The summed E-state index contributed by atoms with van der Waals surface area (Å²) in [5.41, 5.74) is 3.48. The van der Waals surface area contributed by atoms with Crippen LogP contribution in [0.1, 0.15) is 31.7 Å². The van der Waals surface area contributed by atoms with Gasteiger partial charge in [0.2, 0.25) is 11.8 Å². The van der Waals surface area contributed by atoms with E-state index >= 15 is 0 Å². The van der Waals surface area contributed by atoms with Crippen molar-refractivity contribution in [1.82, 2.24) is 14.9 Å². The average molecular weight is 503 g/mol. The molecule has 0 aliphatic rings. The van der Waals surface area contributed by atoms with Crippen molar-refractivity contribution in [2.45, 2.75) is 45.7 Å². The van der Waals surface area contributed by atoms with Crippen LogP contribution in [0.4, 0.5) is 5.69 Å². The normalized spacial score (nSPS) is 11.1. The van der Waals surface area contributed by atoms with Crippen LogP contribution in [0.15, 0.2) is 78.9 Å². The van der Waals surface area contributed by atoms with Gasteiger partial charge >= 0.3 is 0 Å². The summed E-state index contributed by atoms with van der Waals surface area (Å²) in [4.78, 5) is 32.5. The quantitative estimate of drug-likeness (QED) is 0.294. The highest BCUT2D eigenvalue weighted by Gasteiger charge is 2.21. The highest BCUT2D eigenvalue weighted by molar-refractivity contribution is 6.31. The molecule has 0 radical (unpaired) electrons.